The van der Waals surface area contributed by atoms with Gasteiger partial charge in [0.25, 0.3) is 0 Å². The summed E-state index contributed by atoms with van der Waals surface area (Å²) in [7, 11) is 2.14. The Balaban J connectivity index is 2.42. The molecule has 0 saturated heterocycles. The van der Waals surface area contributed by atoms with Gasteiger partial charge >= 0.3 is 0 Å². The highest BCUT2D eigenvalue weighted by Crippen LogP contribution is 2.18. The summed E-state index contributed by atoms with van der Waals surface area (Å²) < 4.78 is 0. The molecule has 0 fully saturated rings. The summed E-state index contributed by atoms with van der Waals surface area (Å²) in [6.45, 7) is 6.59. The number of nitrogens with two attached hydrogens (primary N) is 1. The van der Waals surface area contributed by atoms with Gasteiger partial charge in [-0.25, -0.2) is 0 Å². The summed E-state index contributed by atoms with van der Waals surface area (Å²) in [6, 6.07) is 7.90. The van der Waals surface area contributed by atoms with Crippen molar-refractivity contribution in [3.63, 3.8) is 0 Å². The van der Waals surface area contributed by atoms with Crippen molar-refractivity contribution < 1.29 is 0 Å². The summed E-state index contributed by atoms with van der Waals surface area (Å²) >= 11 is 5.95. The first-order valence-electron chi connectivity index (χ1n) is 6.18. The average molecular weight is 255 g/mol. The normalized spacial score (nSPS) is 13.4. The average Bonchev–Trinajstić information content (AvgIpc) is 2.25. The van der Waals surface area contributed by atoms with Crippen molar-refractivity contribution in [3.8, 4) is 0 Å². The first-order valence-corrected chi connectivity index (χ1v) is 6.56. The van der Waals surface area contributed by atoms with Crippen LogP contribution in [0.4, 0.5) is 0 Å². The zero-order valence-corrected chi connectivity index (χ0v) is 11.7. The topological polar surface area (TPSA) is 29.3 Å². The second kappa shape index (κ2) is 7.00. The maximum atomic E-state index is 6.16. The van der Waals surface area contributed by atoms with Gasteiger partial charge < -0.3 is 10.6 Å². The lowest BCUT2D eigenvalue weighted by Gasteiger charge is -2.21. The monoisotopic (exact) mass is 254 g/mol. The number of benzene rings is 1. The lowest BCUT2D eigenvalue weighted by molar-refractivity contribution is 0.284. The minimum atomic E-state index is 0.0725. The SMILES string of the molecule is CC(C)CN(C)CCC(N)c1cccc(Cl)c1. The van der Waals surface area contributed by atoms with Gasteiger partial charge in [-0.05, 0) is 43.6 Å². The Morgan fingerprint density at radius 1 is 1.35 bits per heavy atom. The number of nitrogens with zero attached hydrogens (tertiary/aromatic N) is 1. The molecule has 0 spiro atoms. The van der Waals surface area contributed by atoms with E-state index in [1.54, 1.807) is 0 Å². The Bertz CT molecular complexity index is 339. The largest absolute Gasteiger partial charge is 0.324 e. The molecule has 0 bridgehead atoms. The number of halogens is 1. The van der Waals surface area contributed by atoms with E-state index in [2.05, 4.69) is 25.8 Å². The van der Waals surface area contributed by atoms with Crippen LogP contribution in [0.25, 0.3) is 0 Å². The predicted octanol–water partition coefficient (Wildman–Crippen LogP) is 3.32. The standard InChI is InChI=1S/C14H23ClN2/c1-11(2)10-17(3)8-7-14(16)12-5-4-6-13(15)9-12/h4-6,9,11,14H,7-8,10,16H2,1-3H3. The van der Waals surface area contributed by atoms with Gasteiger partial charge in [0.15, 0.2) is 0 Å². The van der Waals surface area contributed by atoms with E-state index in [4.69, 9.17) is 17.3 Å². The molecular weight excluding hydrogens is 232 g/mol. The first kappa shape index (κ1) is 14.5. The Labute approximate surface area is 110 Å². The van der Waals surface area contributed by atoms with Crippen molar-refractivity contribution in [3.05, 3.63) is 34.9 Å². The molecule has 2 nitrogen and oxygen atoms in total. The van der Waals surface area contributed by atoms with E-state index in [9.17, 15) is 0 Å². The molecule has 2 N–H and O–H groups in total. The zero-order valence-electron chi connectivity index (χ0n) is 11.0. The molecule has 1 aromatic rings. The lowest BCUT2D eigenvalue weighted by Crippen LogP contribution is -2.27. The highest BCUT2D eigenvalue weighted by atomic mass is 35.5. The molecule has 0 heterocycles. The molecule has 3 heteroatoms. The van der Waals surface area contributed by atoms with Gasteiger partial charge in [-0.3, -0.25) is 0 Å². The van der Waals surface area contributed by atoms with Crippen LogP contribution < -0.4 is 5.73 Å². The van der Waals surface area contributed by atoms with E-state index < -0.39 is 0 Å². The molecule has 1 aromatic carbocycles. The van der Waals surface area contributed by atoms with E-state index >= 15 is 0 Å². The van der Waals surface area contributed by atoms with Gasteiger partial charge in [-0.15, -0.1) is 0 Å². The van der Waals surface area contributed by atoms with Crippen LogP contribution >= 0.6 is 11.6 Å². The van der Waals surface area contributed by atoms with Gasteiger partial charge in [0.2, 0.25) is 0 Å². The second-order valence-electron chi connectivity index (χ2n) is 5.11. The molecule has 0 aliphatic rings. The zero-order chi connectivity index (χ0) is 12.8. The fourth-order valence-electron chi connectivity index (χ4n) is 1.98. The summed E-state index contributed by atoms with van der Waals surface area (Å²) in [6.07, 6.45) is 0.962. The van der Waals surface area contributed by atoms with Crippen molar-refractivity contribution in [2.24, 2.45) is 11.7 Å². The molecule has 1 unspecified atom stereocenters. The summed E-state index contributed by atoms with van der Waals surface area (Å²) in [5.41, 5.74) is 7.28. The highest BCUT2D eigenvalue weighted by Gasteiger charge is 2.08. The summed E-state index contributed by atoms with van der Waals surface area (Å²) in [5.74, 6) is 0.697. The minimum Gasteiger partial charge on any atom is -0.324 e. The molecule has 96 valence electrons. The van der Waals surface area contributed by atoms with Gasteiger partial charge in [0, 0.05) is 17.6 Å². The van der Waals surface area contributed by atoms with E-state index in [1.165, 1.54) is 0 Å². The fraction of sp³-hybridized carbons (Fsp3) is 0.571. The molecule has 17 heavy (non-hydrogen) atoms. The predicted molar refractivity (Wildman–Crippen MR) is 75.3 cm³/mol. The van der Waals surface area contributed by atoms with Crippen LogP contribution in [0.15, 0.2) is 24.3 Å². The third-order valence-corrected chi connectivity index (χ3v) is 3.01. The molecule has 0 aliphatic carbocycles. The third kappa shape index (κ3) is 5.53. The van der Waals surface area contributed by atoms with Crippen LogP contribution in [-0.4, -0.2) is 25.0 Å². The van der Waals surface area contributed by atoms with Crippen LogP contribution in [0.2, 0.25) is 5.02 Å². The number of rotatable bonds is 6. The molecule has 0 radical (unpaired) electrons. The number of hydrogen-bond acceptors (Lipinski definition) is 2. The van der Waals surface area contributed by atoms with Crippen molar-refractivity contribution in [2.75, 3.05) is 20.1 Å². The van der Waals surface area contributed by atoms with Gasteiger partial charge in [0.05, 0.1) is 0 Å². The summed E-state index contributed by atoms with van der Waals surface area (Å²) in [4.78, 5) is 2.33. The van der Waals surface area contributed by atoms with Crippen molar-refractivity contribution >= 4 is 11.6 Å². The Morgan fingerprint density at radius 3 is 2.65 bits per heavy atom. The molecule has 1 atom stereocenters. The minimum absolute atomic E-state index is 0.0725. The van der Waals surface area contributed by atoms with Crippen LogP contribution in [0.3, 0.4) is 0 Å². The van der Waals surface area contributed by atoms with Crippen molar-refractivity contribution in [1.82, 2.24) is 4.90 Å². The fourth-order valence-corrected chi connectivity index (χ4v) is 2.18. The van der Waals surface area contributed by atoms with Crippen LogP contribution in [0, 0.1) is 5.92 Å². The van der Waals surface area contributed by atoms with E-state index in [-0.39, 0.29) is 6.04 Å². The molecule has 0 aliphatic heterocycles. The quantitative estimate of drug-likeness (QED) is 0.844. The van der Waals surface area contributed by atoms with E-state index in [0.29, 0.717) is 5.92 Å². The van der Waals surface area contributed by atoms with Crippen molar-refractivity contribution in [1.29, 1.82) is 0 Å². The Kier molecular flexibility index (Phi) is 5.96. The molecule has 1 rings (SSSR count). The van der Waals surface area contributed by atoms with Crippen LogP contribution in [0.5, 0.6) is 0 Å². The van der Waals surface area contributed by atoms with Crippen LogP contribution in [0.1, 0.15) is 31.9 Å². The van der Waals surface area contributed by atoms with E-state index in [1.807, 2.05) is 24.3 Å². The maximum Gasteiger partial charge on any atom is 0.0409 e. The smallest absolute Gasteiger partial charge is 0.0409 e. The molecule has 0 saturated carbocycles. The van der Waals surface area contributed by atoms with Gasteiger partial charge in [0.1, 0.15) is 0 Å². The molecule has 0 amide bonds. The Hall–Kier alpha value is -0.570. The van der Waals surface area contributed by atoms with Gasteiger partial charge in [-0.2, -0.15) is 0 Å². The van der Waals surface area contributed by atoms with E-state index in [0.717, 1.165) is 30.1 Å². The lowest BCUT2D eigenvalue weighted by atomic mass is 10.0. The highest BCUT2D eigenvalue weighted by molar-refractivity contribution is 6.30. The van der Waals surface area contributed by atoms with Crippen molar-refractivity contribution in [2.45, 2.75) is 26.3 Å². The third-order valence-electron chi connectivity index (χ3n) is 2.78. The maximum absolute atomic E-state index is 6.16. The van der Waals surface area contributed by atoms with Crippen LogP contribution in [-0.2, 0) is 0 Å². The second-order valence-corrected chi connectivity index (χ2v) is 5.54. The summed E-state index contributed by atoms with van der Waals surface area (Å²) in [5, 5.41) is 0.758. The molecular formula is C14H23ClN2. The van der Waals surface area contributed by atoms with Gasteiger partial charge in [-0.1, -0.05) is 37.6 Å². The Morgan fingerprint density at radius 2 is 2.06 bits per heavy atom. The number of hydrogen-bond donors (Lipinski definition) is 1. The first-order chi connectivity index (χ1) is 7.99. The molecule has 0 aromatic heterocycles.